The minimum Gasteiger partial charge on any atom is -0.435 e. The number of ether oxygens (including phenoxy) is 3. The average Bonchev–Trinajstić information content (AvgIpc) is 2.73. The molecule has 0 aromatic heterocycles. The molecule has 2 aromatic rings. The van der Waals surface area contributed by atoms with E-state index in [2.05, 4.69) is 23.3 Å². The molecule has 2 unspecified atom stereocenters. The highest BCUT2D eigenvalue weighted by Gasteiger charge is 2.29. The quantitative estimate of drug-likeness (QED) is 0.333. The smallest absolute Gasteiger partial charge is 0.387 e. The summed E-state index contributed by atoms with van der Waals surface area (Å²) < 4.78 is 64.5. The van der Waals surface area contributed by atoms with E-state index in [4.69, 9.17) is 4.74 Å². The fourth-order valence-electron chi connectivity index (χ4n) is 3.36. The van der Waals surface area contributed by atoms with Crippen molar-refractivity contribution in [2.75, 3.05) is 13.2 Å². The van der Waals surface area contributed by atoms with Crippen molar-refractivity contribution >= 4 is 0 Å². The molecule has 0 aliphatic rings. The second-order valence-electron chi connectivity index (χ2n) is 8.13. The summed E-state index contributed by atoms with van der Waals surface area (Å²) in [6.07, 6.45) is 1.59. The van der Waals surface area contributed by atoms with Gasteiger partial charge in [-0.25, -0.2) is 0 Å². The molecule has 7 heteroatoms. The molecule has 0 aliphatic heterocycles. The van der Waals surface area contributed by atoms with Crippen LogP contribution in [0, 0.1) is 0 Å². The van der Waals surface area contributed by atoms with Gasteiger partial charge < -0.3 is 14.2 Å². The van der Waals surface area contributed by atoms with Crippen LogP contribution in [-0.4, -0.2) is 26.4 Å². The molecule has 2 aromatic carbocycles. The van der Waals surface area contributed by atoms with Gasteiger partial charge in [-0.3, -0.25) is 0 Å². The van der Waals surface area contributed by atoms with Crippen LogP contribution in [0.5, 0.6) is 11.5 Å². The van der Waals surface area contributed by atoms with Crippen molar-refractivity contribution in [2.24, 2.45) is 0 Å². The normalized spacial score (nSPS) is 15.5. The zero-order valence-electron chi connectivity index (χ0n) is 18.3. The number of hydrogen-bond donors (Lipinski definition) is 0. The maximum Gasteiger partial charge on any atom is 0.387 e. The van der Waals surface area contributed by atoms with Gasteiger partial charge in [-0.1, -0.05) is 52.0 Å². The van der Waals surface area contributed by atoms with Crippen molar-refractivity contribution in [3.05, 3.63) is 59.7 Å². The zero-order chi connectivity index (χ0) is 23.1. The van der Waals surface area contributed by atoms with Crippen molar-refractivity contribution in [2.45, 2.75) is 64.6 Å². The molecule has 0 bridgehead atoms. The van der Waals surface area contributed by atoms with Gasteiger partial charge in [0, 0.05) is 10.8 Å². The Hall–Kier alpha value is -2.28. The highest BCUT2D eigenvalue weighted by molar-refractivity contribution is 5.33. The van der Waals surface area contributed by atoms with Crippen LogP contribution in [0.15, 0.2) is 48.5 Å². The van der Waals surface area contributed by atoms with Crippen LogP contribution in [0.3, 0.4) is 0 Å². The molecule has 31 heavy (non-hydrogen) atoms. The number of benzene rings is 2. The second kappa shape index (κ2) is 10.8. The van der Waals surface area contributed by atoms with E-state index in [0.717, 1.165) is 24.0 Å². The Morgan fingerprint density at radius 2 is 0.968 bits per heavy atom. The third kappa shape index (κ3) is 6.86. The predicted molar refractivity (Wildman–Crippen MR) is 112 cm³/mol. The molecule has 0 radical (unpaired) electrons. The first-order chi connectivity index (χ1) is 14.6. The van der Waals surface area contributed by atoms with E-state index in [9.17, 15) is 17.6 Å². The Bertz CT molecular complexity index is 728. The Balaban J connectivity index is 2.05. The molecule has 2 rings (SSSR count). The molecule has 0 amide bonds. The van der Waals surface area contributed by atoms with E-state index >= 15 is 0 Å². The van der Waals surface area contributed by atoms with Gasteiger partial charge in [0.25, 0.3) is 0 Å². The summed E-state index contributed by atoms with van der Waals surface area (Å²) in [6.45, 7) is 3.41. The van der Waals surface area contributed by atoms with Crippen LogP contribution in [-0.2, 0) is 15.6 Å². The van der Waals surface area contributed by atoms with E-state index in [-0.39, 0.29) is 22.3 Å². The molecular weight excluding hydrogens is 412 g/mol. The van der Waals surface area contributed by atoms with Gasteiger partial charge >= 0.3 is 13.2 Å². The van der Waals surface area contributed by atoms with Gasteiger partial charge in [-0.05, 0) is 48.2 Å². The molecule has 0 N–H and O–H groups in total. The fourth-order valence-corrected chi connectivity index (χ4v) is 3.36. The maximum atomic E-state index is 12.4. The topological polar surface area (TPSA) is 27.7 Å². The summed E-state index contributed by atoms with van der Waals surface area (Å²) in [5.41, 5.74) is 1.35. The molecule has 2 atom stereocenters. The third-order valence-electron chi connectivity index (χ3n) is 5.95. The lowest BCUT2D eigenvalue weighted by Crippen LogP contribution is -2.33. The molecule has 0 aliphatic carbocycles. The SMILES string of the molecule is CCC(C)(COCC(C)(CC)c1ccc(OC(F)F)cc1)c1ccc(OC(F)F)cc1. The predicted octanol–water partition coefficient (Wildman–Crippen LogP) is 6.94. The summed E-state index contributed by atoms with van der Waals surface area (Å²) in [7, 11) is 0. The molecule has 0 heterocycles. The Kier molecular flexibility index (Phi) is 8.74. The van der Waals surface area contributed by atoms with Crippen molar-refractivity contribution < 1.29 is 31.8 Å². The average molecular weight is 442 g/mol. The lowest BCUT2D eigenvalue weighted by atomic mass is 9.79. The largest absolute Gasteiger partial charge is 0.435 e. The van der Waals surface area contributed by atoms with Gasteiger partial charge in [0.1, 0.15) is 11.5 Å². The van der Waals surface area contributed by atoms with E-state index in [1.54, 1.807) is 24.3 Å². The lowest BCUT2D eigenvalue weighted by molar-refractivity contribution is -0.0505. The van der Waals surface area contributed by atoms with Crippen LogP contribution < -0.4 is 9.47 Å². The molecule has 0 saturated heterocycles. The van der Waals surface area contributed by atoms with Crippen molar-refractivity contribution in [1.29, 1.82) is 0 Å². The number of alkyl halides is 4. The Morgan fingerprint density at radius 1 is 0.645 bits per heavy atom. The van der Waals surface area contributed by atoms with Crippen molar-refractivity contribution in [3.63, 3.8) is 0 Å². The first-order valence-corrected chi connectivity index (χ1v) is 10.3. The summed E-state index contributed by atoms with van der Waals surface area (Å²) in [4.78, 5) is 0. The third-order valence-corrected chi connectivity index (χ3v) is 5.95. The van der Waals surface area contributed by atoms with Gasteiger partial charge in [0.05, 0.1) is 13.2 Å². The highest BCUT2D eigenvalue weighted by Crippen LogP contribution is 2.33. The molecular formula is C24H30F4O3. The molecule has 3 nitrogen and oxygen atoms in total. The van der Waals surface area contributed by atoms with Crippen molar-refractivity contribution in [3.8, 4) is 11.5 Å². The summed E-state index contributed by atoms with van der Waals surface area (Å²) in [5, 5.41) is 0. The van der Waals surface area contributed by atoms with Crippen LogP contribution in [0.4, 0.5) is 17.6 Å². The Morgan fingerprint density at radius 3 is 1.23 bits per heavy atom. The maximum absolute atomic E-state index is 12.4. The minimum atomic E-state index is -2.85. The summed E-state index contributed by atoms with van der Waals surface area (Å²) in [5.74, 6) is 0.242. The van der Waals surface area contributed by atoms with E-state index < -0.39 is 13.2 Å². The van der Waals surface area contributed by atoms with Crippen LogP contribution >= 0.6 is 0 Å². The molecule has 0 fully saturated rings. The Labute approximate surface area is 181 Å². The molecule has 0 saturated carbocycles. The van der Waals surface area contributed by atoms with Gasteiger partial charge in [-0.15, -0.1) is 0 Å². The highest BCUT2D eigenvalue weighted by atomic mass is 19.3. The first-order valence-electron chi connectivity index (χ1n) is 10.3. The standard InChI is InChI=1S/C24H30F4O3/c1-5-23(3,17-7-11-19(12-8-17)30-21(25)26)15-29-16-24(4,6-2)18-9-13-20(14-10-18)31-22(27)28/h7-14,21-22H,5-6,15-16H2,1-4H3. The van der Waals surface area contributed by atoms with E-state index in [1.165, 1.54) is 24.3 Å². The van der Waals surface area contributed by atoms with Gasteiger partial charge in [-0.2, -0.15) is 17.6 Å². The molecule has 172 valence electrons. The number of hydrogen-bond acceptors (Lipinski definition) is 3. The monoisotopic (exact) mass is 442 g/mol. The van der Waals surface area contributed by atoms with Crippen LogP contribution in [0.2, 0.25) is 0 Å². The second-order valence-corrected chi connectivity index (χ2v) is 8.13. The number of rotatable bonds is 12. The summed E-state index contributed by atoms with van der Waals surface area (Å²) in [6, 6.07) is 13.3. The van der Waals surface area contributed by atoms with E-state index in [1.807, 2.05) is 13.8 Å². The van der Waals surface area contributed by atoms with E-state index in [0.29, 0.717) is 13.2 Å². The summed E-state index contributed by atoms with van der Waals surface area (Å²) >= 11 is 0. The lowest BCUT2D eigenvalue weighted by Gasteiger charge is -2.33. The van der Waals surface area contributed by atoms with Crippen LogP contribution in [0.1, 0.15) is 51.7 Å². The zero-order valence-corrected chi connectivity index (χ0v) is 18.3. The minimum absolute atomic E-state index is 0.121. The first kappa shape index (κ1) is 25.0. The van der Waals surface area contributed by atoms with Crippen LogP contribution in [0.25, 0.3) is 0 Å². The van der Waals surface area contributed by atoms with Crippen molar-refractivity contribution in [1.82, 2.24) is 0 Å². The number of halogens is 4. The molecule has 0 spiro atoms. The van der Waals surface area contributed by atoms with Gasteiger partial charge in [0.2, 0.25) is 0 Å². The van der Waals surface area contributed by atoms with Gasteiger partial charge in [0.15, 0.2) is 0 Å². The fraction of sp³-hybridized carbons (Fsp3) is 0.500.